The van der Waals surface area contributed by atoms with Crippen LogP contribution in [-0.4, -0.2) is 17.4 Å². The molecule has 2 nitrogen and oxygen atoms in total. The Morgan fingerprint density at radius 3 is 3.00 bits per heavy atom. The van der Waals surface area contributed by atoms with E-state index in [4.69, 9.17) is 0 Å². The first kappa shape index (κ1) is 6.01. The van der Waals surface area contributed by atoms with Crippen LogP contribution in [0.1, 0.15) is 10.5 Å². The molecule has 0 spiro atoms. The number of carbonyl (C=O) groups is 1. The van der Waals surface area contributed by atoms with E-state index in [1.165, 1.54) is 0 Å². The molecule has 9 heavy (non-hydrogen) atoms. The molecule has 48 valence electrons. The fourth-order valence-corrected chi connectivity index (χ4v) is 0.576. The number of aromatic nitrogens is 1. The number of ketones is 1. The van der Waals surface area contributed by atoms with E-state index in [0.717, 1.165) is 0 Å². The molecule has 0 aromatic carbocycles. The van der Waals surface area contributed by atoms with Crippen molar-refractivity contribution in [2.45, 2.75) is 0 Å². The number of halogens is 1. The third kappa shape index (κ3) is 1.16. The summed E-state index contributed by atoms with van der Waals surface area (Å²) in [6.07, 6.45) is 1.59. The largest absolute Gasteiger partial charge is 0.359 e. The lowest BCUT2D eigenvalue weighted by atomic mass is 10.3. The summed E-state index contributed by atoms with van der Waals surface area (Å²) < 4.78 is 11.6. The van der Waals surface area contributed by atoms with Gasteiger partial charge in [0.2, 0.25) is 5.78 Å². The summed E-state index contributed by atoms with van der Waals surface area (Å²) in [7, 11) is 0. The maximum atomic E-state index is 11.6. The molecule has 1 heterocycles. The average molecular weight is 127 g/mol. The van der Waals surface area contributed by atoms with Crippen LogP contribution in [0.4, 0.5) is 4.39 Å². The van der Waals surface area contributed by atoms with Gasteiger partial charge in [0.25, 0.3) is 0 Å². The second kappa shape index (κ2) is 2.44. The first-order valence-electron chi connectivity index (χ1n) is 2.57. The topological polar surface area (TPSA) is 32.9 Å². The van der Waals surface area contributed by atoms with Crippen molar-refractivity contribution in [3.05, 3.63) is 24.0 Å². The molecule has 0 aliphatic heterocycles. The molecular weight excluding hydrogens is 121 g/mol. The molecule has 0 radical (unpaired) electrons. The van der Waals surface area contributed by atoms with Crippen LogP contribution in [0.25, 0.3) is 0 Å². The van der Waals surface area contributed by atoms with Crippen molar-refractivity contribution in [1.29, 1.82) is 0 Å². The molecule has 0 amide bonds. The van der Waals surface area contributed by atoms with Gasteiger partial charge >= 0.3 is 0 Å². The second-order valence-corrected chi connectivity index (χ2v) is 1.64. The van der Waals surface area contributed by atoms with E-state index in [1.807, 2.05) is 0 Å². The first-order valence-corrected chi connectivity index (χ1v) is 2.57. The van der Waals surface area contributed by atoms with Crippen molar-refractivity contribution in [3.63, 3.8) is 0 Å². The standard InChI is InChI=1S/C6H6FNO/c7-4-6(9)5-2-1-3-8-5/h1-3,8H,4H2. The molecule has 0 saturated carbocycles. The van der Waals surface area contributed by atoms with Gasteiger partial charge in [0, 0.05) is 6.20 Å². The predicted molar refractivity (Wildman–Crippen MR) is 31.1 cm³/mol. The highest BCUT2D eigenvalue weighted by molar-refractivity contribution is 5.95. The van der Waals surface area contributed by atoms with Crippen molar-refractivity contribution < 1.29 is 9.18 Å². The van der Waals surface area contributed by atoms with Crippen LogP contribution in [0.3, 0.4) is 0 Å². The van der Waals surface area contributed by atoms with Crippen molar-refractivity contribution in [1.82, 2.24) is 4.98 Å². The Balaban J connectivity index is 2.77. The summed E-state index contributed by atoms with van der Waals surface area (Å²) in [5, 5.41) is 0. The van der Waals surface area contributed by atoms with Gasteiger partial charge in [0.1, 0.15) is 0 Å². The lowest BCUT2D eigenvalue weighted by molar-refractivity contribution is 0.0954. The van der Waals surface area contributed by atoms with E-state index in [-0.39, 0.29) is 0 Å². The molecule has 0 aliphatic carbocycles. The van der Waals surface area contributed by atoms with Crippen LogP contribution in [0.5, 0.6) is 0 Å². The molecule has 0 aliphatic rings. The van der Waals surface area contributed by atoms with Crippen LogP contribution >= 0.6 is 0 Å². The summed E-state index contributed by atoms with van der Waals surface area (Å²) in [6, 6.07) is 3.20. The lowest BCUT2D eigenvalue weighted by Crippen LogP contribution is -2.00. The fraction of sp³-hybridized carbons (Fsp3) is 0.167. The Bertz CT molecular complexity index is 193. The normalized spacial score (nSPS) is 9.44. The second-order valence-electron chi connectivity index (χ2n) is 1.64. The van der Waals surface area contributed by atoms with Gasteiger partial charge in [0.05, 0.1) is 5.69 Å². The molecule has 0 saturated heterocycles. The number of carbonyl (C=O) groups excluding carboxylic acids is 1. The molecule has 0 bridgehead atoms. The zero-order valence-corrected chi connectivity index (χ0v) is 4.73. The maximum Gasteiger partial charge on any atom is 0.209 e. The Labute approximate surface area is 51.7 Å². The zero-order chi connectivity index (χ0) is 6.69. The summed E-state index contributed by atoms with van der Waals surface area (Å²) in [4.78, 5) is 13.1. The number of alkyl halides is 1. The number of rotatable bonds is 2. The summed E-state index contributed by atoms with van der Waals surface area (Å²) >= 11 is 0. The molecule has 0 atom stereocenters. The Kier molecular flexibility index (Phi) is 1.63. The SMILES string of the molecule is O=C(CF)c1ccc[nH]1. The van der Waals surface area contributed by atoms with Gasteiger partial charge in [-0.15, -0.1) is 0 Å². The van der Waals surface area contributed by atoms with Crippen LogP contribution in [-0.2, 0) is 0 Å². The monoisotopic (exact) mass is 127 g/mol. The summed E-state index contributed by atoms with van der Waals surface area (Å²) in [6.45, 7) is -0.930. The molecule has 1 aromatic rings. The first-order chi connectivity index (χ1) is 4.34. The average Bonchev–Trinajstić information content (AvgIpc) is 2.37. The van der Waals surface area contributed by atoms with Gasteiger partial charge < -0.3 is 4.98 Å². The fourth-order valence-electron chi connectivity index (χ4n) is 0.576. The minimum Gasteiger partial charge on any atom is -0.359 e. The van der Waals surface area contributed by atoms with Crippen LogP contribution in [0, 0.1) is 0 Å². The van der Waals surface area contributed by atoms with E-state index in [1.54, 1.807) is 18.3 Å². The van der Waals surface area contributed by atoms with E-state index >= 15 is 0 Å². The van der Waals surface area contributed by atoms with Crippen molar-refractivity contribution in [2.75, 3.05) is 6.67 Å². The van der Waals surface area contributed by atoms with Crippen LogP contribution in [0.15, 0.2) is 18.3 Å². The highest BCUT2D eigenvalue weighted by Crippen LogP contribution is 1.95. The maximum absolute atomic E-state index is 11.6. The van der Waals surface area contributed by atoms with E-state index in [9.17, 15) is 9.18 Å². The van der Waals surface area contributed by atoms with Crippen molar-refractivity contribution >= 4 is 5.78 Å². The highest BCUT2D eigenvalue weighted by atomic mass is 19.1. The van der Waals surface area contributed by atoms with E-state index in [0.29, 0.717) is 5.69 Å². The third-order valence-electron chi connectivity index (χ3n) is 1.02. The molecule has 0 fully saturated rings. The smallest absolute Gasteiger partial charge is 0.209 e. The van der Waals surface area contributed by atoms with Crippen molar-refractivity contribution in [3.8, 4) is 0 Å². The quantitative estimate of drug-likeness (QED) is 0.594. The molecule has 1 rings (SSSR count). The summed E-state index contributed by atoms with van der Waals surface area (Å²) in [5.74, 6) is -0.500. The number of hydrogen-bond donors (Lipinski definition) is 1. The van der Waals surface area contributed by atoms with Gasteiger partial charge in [-0.3, -0.25) is 4.79 Å². The predicted octanol–water partition coefficient (Wildman–Crippen LogP) is 1.17. The Morgan fingerprint density at radius 1 is 1.78 bits per heavy atom. The van der Waals surface area contributed by atoms with Crippen LogP contribution < -0.4 is 0 Å². The Morgan fingerprint density at radius 2 is 2.56 bits per heavy atom. The lowest BCUT2D eigenvalue weighted by Gasteiger charge is -1.85. The minimum atomic E-state index is -0.930. The van der Waals surface area contributed by atoms with Crippen LogP contribution in [0.2, 0.25) is 0 Å². The number of nitrogens with one attached hydrogen (secondary N) is 1. The van der Waals surface area contributed by atoms with Gasteiger partial charge in [0.15, 0.2) is 6.67 Å². The minimum absolute atomic E-state index is 0.331. The zero-order valence-electron chi connectivity index (χ0n) is 4.73. The number of hydrogen-bond acceptors (Lipinski definition) is 1. The Hall–Kier alpha value is -1.12. The van der Waals surface area contributed by atoms with E-state index < -0.39 is 12.5 Å². The molecule has 3 heteroatoms. The van der Waals surface area contributed by atoms with Gasteiger partial charge in [-0.25, -0.2) is 4.39 Å². The third-order valence-corrected chi connectivity index (χ3v) is 1.02. The number of aromatic amines is 1. The highest BCUT2D eigenvalue weighted by Gasteiger charge is 2.02. The summed E-state index contributed by atoms with van der Waals surface area (Å²) in [5.41, 5.74) is 0.331. The molecule has 1 aromatic heterocycles. The molecule has 1 N–H and O–H groups in total. The number of H-pyrrole nitrogens is 1. The van der Waals surface area contributed by atoms with E-state index in [2.05, 4.69) is 4.98 Å². The van der Waals surface area contributed by atoms with Gasteiger partial charge in [-0.2, -0.15) is 0 Å². The van der Waals surface area contributed by atoms with Gasteiger partial charge in [-0.1, -0.05) is 0 Å². The van der Waals surface area contributed by atoms with Crippen molar-refractivity contribution in [2.24, 2.45) is 0 Å². The molecular formula is C6H6FNO. The number of Topliss-reactive ketones (excluding diaryl/α,β-unsaturated/α-hetero) is 1. The molecule has 0 unspecified atom stereocenters. The van der Waals surface area contributed by atoms with Gasteiger partial charge in [-0.05, 0) is 12.1 Å².